The molecule has 1 aliphatic heterocycles. The van der Waals surface area contributed by atoms with Crippen molar-refractivity contribution in [2.75, 3.05) is 13.3 Å². The SMILES string of the molecule is Cc1cn([C@@H]2O[C@H](CC(F)(F)P(C)(C)=O)[C@@H](C)[C@H]2F)c(=O)[nH]c1=O. The van der Waals surface area contributed by atoms with Crippen LogP contribution >= 0.6 is 7.14 Å². The van der Waals surface area contributed by atoms with Crippen LogP contribution in [0.5, 0.6) is 0 Å². The summed E-state index contributed by atoms with van der Waals surface area (Å²) in [6.07, 6.45) is -4.10. The van der Waals surface area contributed by atoms with Gasteiger partial charge in [0.05, 0.1) is 6.10 Å². The highest BCUT2D eigenvalue weighted by atomic mass is 31.2. The molecule has 0 aromatic carbocycles. The number of nitrogens with one attached hydrogen (secondary N) is 1. The Balaban J connectivity index is 2.31. The van der Waals surface area contributed by atoms with E-state index in [9.17, 15) is 27.3 Å². The number of ether oxygens (including phenoxy) is 1. The van der Waals surface area contributed by atoms with E-state index in [0.29, 0.717) is 0 Å². The number of aromatic amines is 1. The molecular formula is C14H20F3N2O4P. The van der Waals surface area contributed by atoms with Gasteiger partial charge in [-0.2, -0.15) is 8.78 Å². The zero-order valence-corrected chi connectivity index (χ0v) is 14.6. The summed E-state index contributed by atoms with van der Waals surface area (Å²) in [6.45, 7) is 4.75. The van der Waals surface area contributed by atoms with Crippen LogP contribution in [0.2, 0.25) is 0 Å². The molecule has 6 nitrogen and oxygen atoms in total. The molecule has 1 aliphatic rings. The smallest absolute Gasteiger partial charge is 0.330 e. The predicted molar refractivity (Wildman–Crippen MR) is 83.0 cm³/mol. The van der Waals surface area contributed by atoms with E-state index in [2.05, 4.69) is 0 Å². The fourth-order valence-electron chi connectivity index (χ4n) is 2.53. The molecule has 1 N–H and O–H groups in total. The van der Waals surface area contributed by atoms with Gasteiger partial charge in [-0.3, -0.25) is 14.3 Å². The molecule has 0 radical (unpaired) electrons. The van der Waals surface area contributed by atoms with Crippen LogP contribution in [0.4, 0.5) is 13.2 Å². The van der Waals surface area contributed by atoms with Crippen LogP contribution < -0.4 is 11.2 Å². The van der Waals surface area contributed by atoms with Crippen LogP contribution in [0.1, 0.15) is 25.1 Å². The standard InChI is InChI=1S/C14H20F3N2O4P/c1-7-6-19(13(21)18-11(7)20)12-10(15)8(2)9(23-12)5-14(16,17)24(3,4)22/h6,8-10,12H,5H2,1-4H3,(H,18,20,21)/t8-,9-,10-,12-/m1/s1. The number of halogens is 3. The number of hydrogen-bond acceptors (Lipinski definition) is 4. The van der Waals surface area contributed by atoms with Gasteiger partial charge in [0.15, 0.2) is 12.4 Å². The van der Waals surface area contributed by atoms with Crippen LogP contribution in [-0.4, -0.2) is 40.8 Å². The average molecular weight is 368 g/mol. The molecule has 0 bridgehead atoms. The molecule has 0 saturated carbocycles. The van der Waals surface area contributed by atoms with E-state index in [1.54, 1.807) is 0 Å². The molecule has 1 aromatic heterocycles. The molecule has 0 spiro atoms. The van der Waals surface area contributed by atoms with Crippen molar-refractivity contribution in [3.63, 3.8) is 0 Å². The third-order valence-corrected chi connectivity index (χ3v) is 6.09. The summed E-state index contributed by atoms with van der Waals surface area (Å²) >= 11 is 0. The van der Waals surface area contributed by atoms with Crippen LogP contribution in [0, 0.1) is 12.8 Å². The maximum absolute atomic E-state index is 14.5. The number of aryl methyl sites for hydroxylation is 1. The summed E-state index contributed by atoms with van der Waals surface area (Å²) in [5.41, 5.74) is -4.82. The molecule has 0 aliphatic carbocycles. The average Bonchev–Trinajstić information content (AvgIpc) is 2.69. The number of aromatic nitrogens is 2. The Morgan fingerprint density at radius 1 is 1.38 bits per heavy atom. The van der Waals surface area contributed by atoms with E-state index in [1.165, 1.54) is 13.8 Å². The van der Waals surface area contributed by atoms with E-state index in [1.807, 2.05) is 4.98 Å². The highest BCUT2D eigenvalue weighted by Crippen LogP contribution is 2.57. The first-order valence-corrected chi connectivity index (χ1v) is 10.00. The lowest BCUT2D eigenvalue weighted by Gasteiger charge is -2.25. The lowest BCUT2D eigenvalue weighted by atomic mass is 9.99. The lowest BCUT2D eigenvalue weighted by molar-refractivity contribution is -0.0549. The summed E-state index contributed by atoms with van der Waals surface area (Å²) in [4.78, 5) is 25.3. The third-order valence-electron chi connectivity index (χ3n) is 4.33. The van der Waals surface area contributed by atoms with Crippen molar-refractivity contribution in [1.82, 2.24) is 9.55 Å². The monoisotopic (exact) mass is 368 g/mol. The molecule has 4 atom stereocenters. The minimum Gasteiger partial charge on any atom is -0.351 e. The summed E-state index contributed by atoms with van der Waals surface area (Å²) < 4.78 is 60.5. The number of rotatable bonds is 4. The molecule has 0 unspecified atom stereocenters. The molecule has 1 saturated heterocycles. The second-order valence-electron chi connectivity index (χ2n) is 6.57. The van der Waals surface area contributed by atoms with Crippen LogP contribution in [0.15, 0.2) is 15.8 Å². The van der Waals surface area contributed by atoms with E-state index < -0.39 is 54.9 Å². The molecule has 2 heterocycles. The highest BCUT2D eigenvalue weighted by Gasteiger charge is 2.51. The quantitative estimate of drug-likeness (QED) is 0.827. The van der Waals surface area contributed by atoms with E-state index in [4.69, 9.17) is 4.74 Å². The van der Waals surface area contributed by atoms with Crippen LogP contribution in [0.25, 0.3) is 0 Å². The van der Waals surface area contributed by atoms with Gasteiger partial charge >= 0.3 is 5.69 Å². The lowest BCUT2D eigenvalue weighted by Crippen LogP contribution is -2.36. The molecule has 2 rings (SSSR count). The Morgan fingerprint density at radius 3 is 2.50 bits per heavy atom. The fourth-order valence-corrected chi connectivity index (χ4v) is 3.15. The van der Waals surface area contributed by atoms with Crippen LogP contribution in [0.3, 0.4) is 0 Å². The van der Waals surface area contributed by atoms with Crippen molar-refractivity contribution in [2.45, 2.75) is 44.4 Å². The minimum absolute atomic E-state index is 0.165. The zero-order valence-electron chi connectivity index (χ0n) is 13.8. The largest absolute Gasteiger partial charge is 0.351 e. The second-order valence-corrected chi connectivity index (χ2v) is 9.92. The van der Waals surface area contributed by atoms with Gasteiger partial charge in [-0.1, -0.05) is 6.92 Å². The Kier molecular flexibility index (Phi) is 4.89. The van der Waals surface area contributed by atoms with E-state index in [0.717, 1.165) is 24.1 Å². The second kappa shape index (κ2) is 6.19. The summed E-state index contributed by atoms with van der Waals surface area (Å²) in [6, 6.07) is 0. The highest BCUT2D eigenvalue weighted by molar-refractivity contribution is 7.63. The summed E-state index contributed by atoms with van der Waals surface area (Å²) in [7, 11) is -3.73. The van der Waals surface area contributed by atoms with Gasteiger partial charge in [0.2, 0.25) is 0 Å². The van der Waals surface area contributed by atoms with Crippen molar-refractivity contribution in [3.8, 4) is 0 Å². The molecule has 10 heteroatoms. The van der Waals surface area contributed by atoms with Crippen molar-refractivity contribution < 1.29 is 22.5 Å². The number of hydrogen-bond donors (Lipinski definition) is 1. The molecule has 1 fully saturated rings. The first-order valence-electron chi connectivity index (χ1n) is 7.39. The topological polar surface area (TPSA) is 81.2 Å². The fraction of sp³-hybridized carbons (Fsp3) is 0.714. The normalized spacial score (nSPS) is 28.3. The van der Waals surface area contributed by atoms with Crippen molar-refractivity contribution >= 4 is 7.14 Å². The third kappa shape index (κ3) is 3.37. The van der Waals surface area contributed by atoms with Crippen molar-refractivity contribution in [2.24, 2.45) is 5.92 Å². The number of nitrogens with zero attached hydrogens (tertiary/aromatic N) is 1. The Morgan fingerprint density at radius 2 is 1.96 bits per heavy atom. The Hall–Kier alpha value is -1.34. The van der Waals surface area contributed by atoms with Gasteiger partial charge in [-0.25, -0.2) is 9.18 Å². The van der Waals surface area contributed by atoms with E-state index in [-0.39, 0.29) is 5.56 Å². The summed E-state index contributed by atoms with van der Waals surface area (Å²) in [5, 5.41) is 0. The molecule has 1 aromatic rings. The van der Waals surface area contributed by atoms with Gasteiger partial charge in [0.1, 0.15) is 7.14 Å². The molecule has 136 valence electrons. The maximum Gasteiger partial charge on any atom is 0.330 e. The van der Waals surface area contributed by atoms with E-state index >= 15 is 0 Å². The molecule has 0 amide bonds. The van der Waals surface area contributed by atoms with Gasteiger partial charge in [0.25, 0.3) is 11.2 Å². The first kappa shape index (κ1) is 19.0. The van der Waals surface area contributed by atoms with Gasteiger partial charge in [0, 0.05) is 24.1 Å². The number of alkyl halides is 3. The van der Waals surface area contributed by atoms with Gasteiger partial charge < -0.3 is 9.30 Å². The van der Waals surface area contributed by atoms with Gasteiger partial charge in [-0.15, -0.1) is 0 Å². The van der Waals surface area contributed by atoms with Gasteiger partial charge in [-0.05, 0) is 20.3 Å². The molecule has 24 heavy (non-hydrogen) atoms. The Bertz CT molecular complexity index is 785. The summed E-state index contributed by atoms with van der Waals surface area (Å²) in [5.74, 6) is -0.924. The first-order chi connectivity index (χ1) is 10.8. The zero-order chi connectivity index (χ0) is 18.4. The Labute approximate surface area is 136 Å². The molecular weight excluding hydrogens is 348 g/mol. The van der Waals surface area contributed by atoms with Crippen LogP contribution in [-0.2, 0) is 9.30 Å². The predicted octanol–water partition coefficient (Wildman–Crippen LogP) is 2.32. The number of H-pyrrole nitrogens is 1. The van der Waals surface area contributed by atoms with Crippen molar-refractivity contribution in [1.29, 1.82) is 0 Å². The minimum atomic E-state index is -3.73. The maximum atomic E-state index is 14.5. The van der Waals surface area contributed by atoms with Crippen molar-refractivity contribution in [3.05, 3.63) is 32.6 Å².